The minimum Gasteiger partial charge on any atom is -0.494 e. The quantitative estimate of drug-likeness (QED) is 0.663. The molecule has 132 valence electrons. The zero-order chi connectivity index (χ0) is 18.1. The number of para-hydroxylation sites is 2. The molecule has 1 aromatic heterocycles. The average molecular weight is 349 g/mol. The summed E-state index contributed by atoms with van der Waals surface area (Å²) in [5.74, 6) is 0.284. The SMILES string of the molecule is CCCOc1ccc(N2C(=O)C[C@H](n3cnc4ccccc43)C2=O)cc1. The summed E-state index contributed by atoms with van der Waals surface area (Å²) in [7, 11) is 0. The van der Waals surface area contributed by atoms with Crippen LogP contribution in [0, 0.1) is 0 Å². The van der Waals surface area contributed by atoms with E-state index in [1.54, 1.807) is 35.2 Å². The van der Waals surface area contributed by atoms with Crippen molar-refractivity contribution in [1.82, 2.24) is 9.55 Å². The smallest absolute Gasteiger partial charge is 0.257 e. The molecule has 6 heteroatoms. The summed E-state index contributed by atoms with van der Waals surface area (Å²) in [6.07, 6.45) is 2.68. The van der Waals surface area contributed by atoms with Gasteiger partial charge in [0.1, 0.15) is 11.8 Å². The van der Waals surface area contributed by atoms with Crippen LogP contribution in [-0.2, 0) is 9.59 Å². The molecule has 6 nitrogen and oxygen atoms in total. The van der Waals surface area contributed by atoms with E-state index in [4.69, 9.17) is 4.74 Å². The fraction of sp³-hybridized carbons (Fsp3) is 0.250. The Morgan fingerprint density at radius 2 is 1.88 bits per heavy atom. The van der Waals surface area contributed by atoms with Crippen LogP contribution in [0.15, 0.2) is 54.9 Å². The molecule has 0 radical (unpaired) electrons. The monoisotopic (exact) mass is 349 g/mol. The maximum atomic E-state index is 12.9. The maximum absolute atomic E-state index is 12.9. The first-order chi connectivity index (χ1) is 12.7. The van der Waals surface area contributed by atoms with Crippen LogP contribution in [0.1, 0.15) is 25.8 Å². The number of carbonyl (C=O) groups is 2. The van der Waals surface area contributed by atoms with E-state index in [2.05, 4.69) is 4.98 Å². The third kappa shape index (κ3) is 2.73. The fourth-order valence-corrected chi connectivity index (χ4v) is 3.24. The van der Waals surface area contributed by atoms with Crippen molar-refractivity contribution in [3.05, 3.63) is 54.9 Å². The van der Waals surface area contributed by atoms with Crippen LogP contribution in [0.3, 0.4) is 0 Å². The van der Waals surface area contributed by atoms with Gasteiger partial charge in [-0.05, 0) is 42.8 Å². The average Bonchev–Trinajstić information content (AvgIpc) is 3.21. The van der Waals surface area contributed by atoms with Crippen molar-refractivity contribution in [1.29, 1.82) is 0 Å². The number of hydrogen-bond acceptors (Lipinski definition) is 4. The highest BCUT2D eigenvalue weighted by Crippen LogP contribution is 2.32. The molecule has 2 heterocycles. The van der Waals surface area contributed by atoms with Crippen LogP contribution >= 0.6 is 0 Å². The minimum absolute atomic E-state index is 0.132. The molecule has 2 aromatic carbocycles. The van der Waals surface area contributed by atoms with Crippen LogP contribution in [0.25, 0.3) is 11.0 Å². The van der Waals surface area contributed by atoms with Crippen molar-refractivity contribution in [2.24, 2.45) is 0 Å². The van der Waals surface area contributed by atoms with Gasteiger partial charge < -0.3 is 9.30 Å². The normalized spacial score (nSPS) is 17.3. The first-order valence-electron chi connectivity index (χ1n) is 8.70. The van der Waals surface area contributed by atoms with Gasteiger partial charge in [0.05, 0.1) is 36.1 Å². The summed E-state index contributed by atoms with van der Waals surface area (Å²) in [5.41, 5.74) is 2.23. The number of imidazole rings is 1. The molecule has 0 spiro atoms. The van der Waals surface area contributed by atoms with Crippen molar-refractivity contribution >= 4 is 28.5 Å². The third-order valence-electron chi connectivity index (χ3n) is 4.51. The van der Waals surface area contributed by atoms with E-state index < -0.39 is 6.04 Å². The molecule has 4 rings (SSSR count). The van der Waals surface area contributed by atoms with Gasteiger partial charge in [-0.15, -0.1) is 0 Å². The van der Waals surface area contributed by atoms with Gasteiger partial charge in [-0.1, -0.05) is 19.1 Å². The molecule has 1 atom stereocenters. The number of ether oxygens (including phenoxy) is 1. The number of anilines is 1. The van der Waals surface area contributed by atoms with Crippen LogP contribution in [0.2, 0.25) is 0 Å². The molecule has 0 saturated carbocycles. The highest BCUT2D eigenvalue weighted by Gasteiger charge is 2.41. The van der Waals surface area contributed by atoms with Gasteiger partial charge in [-0.3, -0.25) is 9.59 Å². The minimum atomic E-state index is -0.564. The van der Waals surface area contributed by atoms with E-state index in [0.29, 0.717) is 12.3 Å². The van der Waals surface area contributed by atoms with Gasteiger partial charge in [0.25, 0.3) is 5.91 Å². The number of fused-ring (bicyclic) bond motifs is 1. The Morgan fingerprint density at radius 1 is 1.12 bits per heavy atom. The summed E-state index contributed by atoms with van der Waals surface area (Å²) in [4.78, 5) is 31.0. The molecule has 1 fully saturated rings. The number of nitrogens with zero attached hydrogens (tertiary/aromatic N) is 3. The number of aromatic nitrogens is 2. The third-order valence-corrected chi connectivity index (χ3v) is 4.51. The molecular formula is C20H19N3O3. The number of hydrogen-bond donors (Lipinski definition) is 0. The van der Waals surface area contributed by atoms with E-state index in [9.17, 15) is 9.59 Å². The van der Waals surface area contributed by atoms with E-state index >= 15 is 0 Å². The van der Waals surface area contributed by atoms with E-state index in [0.717, 1.165) is 23.2 Å². The molecule has 1 saturated heterocycles. The van der Waals surface area contributed by atoms with Gasteiger partial charge in [-0.25, -0.2) is 9.88 Å². The van der Waals surface area contributed by atoms with Crippen LogP contribution < -0.4 is 9.64 Å². The van der Waals surface area contributed by atoms with Crippen molar-refractivity contribution in [2.75, 3.05) is 11.5 Å². The van der Waals surface area contributed by atoms with Crippen molar-refractivity contribution in [3.8, 4) is 5.75 Å². The molecule has 3 aromatic rings. The molecule has 0 bridgehead atoms. The second kappa shape index (κ2) is 6.63. The Morgan fingerprint density at radius 3 is 2.65 bits per heavy atom. The Kier molecular flexibility index (Phi) is 4.16. The number of carbonyl (C=O) groups excluding carboxylic acids is 2. The maximum Gasteiger partial charge on any atom is 0.257 e. The molecular weight excluding hydrogens is 330 g/mol. The number of imide groups is 1. The lowest BCUT2D eigenvalue weighted by molar-refractivity contribution is -0.122. The zero-order valence-corrected chi connectivity index (χ0v) is 14.5. The molecule has 0 N–H and O–H groups in total. The van der Waals surface area contributed by atoms with E-state index in [1.807, 2.05) is 31.2 Å². The van der Waals surface area contributed by atoms with Crippen molar-refractivity contribution < 1.29 is 14.3 Å². The van der Waals surface area contributed by atoms with Gasteiger partial charge in [-0.2, -0.15) is 0 Å². The lowest BCUT2D eigenvalue weighted by Crippen LogP contribution is -2.31. The first kappa shape index (κ1) is 16.3. The van der Waals surface area contributed by atoms with Crippen LogP contribution in [0.4, 0.5) is 5.69 Å². The first-order valence-corrected chi connectivity index (χ1v) is 8.70. The topological polar surface area (TPSA) is 64.4 Å². The van der Waals surface area contributed by atoms with Crippen molar-refractivity contribution in [3.63, 3.8) is 0 Å². The predicted octanol–water partition coefficient (Wildman–Crippen LogP) is 3.33. The largest absolute Gasteiger partial charge is 0.494 e. The standard InChI is InChI=1S/C20H19N3O3/c1-2-11-26-15-9-7-14(8-10-15)23-19(24)12-18(20(23)25)22-13-21-16-5-3-4-6-17(16)22/h3-10,13,18H,2,11-12H2,1H3/t18-/m0/s1. The van der Waals surface area contributed by atoms with Gasteiger partial charge >= 0.3 is 0 Å². The number of rotatable bonds is 5. The lowest BCUT2D eigenvalue weighted by atomic mass is 10.2. The van der Waals surface area contributed by atoms with E-state index in [1.165, 1.54) is 4.90 Å². The van der Waals surface area contributed by atoms with E-state index in [-0.39, 0.29) is 18.2 Å². The summed E-state index contributed by atoms with van der Waals surface area (Å²) >= 11 is 0. The second-order valence-electron chi connectivity index (χ2n) is 6.27. The number of amides is 2. The summed E-state index contributed by atoms with van der Waals surface area (Å²) in [5, 5.41) is 0. The predicted molar refractivity (Wildman–Crippen MR) is 98.1 cm³/mol. The van der Waals surface area contributed by atoms with Gasteiger partial charge in [0.2, 0.25) is 5.91 Å². The summed E-state index contributed by atoms with van der Waals surface area (Å²) < 4.78 is 7.34. The highest BCUT2D eigenvalue weighted by atomic mass is 16.5. The lowest BCUT2D eigenvalue weighted by Gasteiger charge is -2.16. The Bertz CT molecular complexity index is 962. The Labute approximate surface area is 151 Å². The Balaban J connectivity index is 1.61. The Hall–Kier alpha value is -3.15. The second-order valence-corrected chi connectivity index (χ2v) is 6.27. The molecule has 1 aliphatic rings. The number of benzene rings is 2. The molecule has 26 heavy (non-hydrogen) atoms. The van der Waals surface area contributed by atoms with Crippen molar-refractivity contribution in [2.45, 2.75) is 25.8 Å². The highest BCUT2D eigenvalue weighted by molar-refractivity contribution is 6.21. The molecule has 0 unspecified atom stereocenters. The summed E-state index contributed by atoms with van der Waals surface area (Å²) in [6, 6.07) is 14.1. The zero-order valence-electron chi connectivity index (χ0n) is 14.5. The molecule has 2 amide bonds. The molecule has 0 aliphatic carbocycles. The molecule has 1 aliphatic heterocycles. The van der Waals surface area contributed by atoms with Crippen LogP contribution in [-0.4, -0.2) is 28.0 Å². The fourth-order valence-electron chi connectivity index (χ4n) is 3.24. The summed E-state index contributed by atoms with van der Waals surface area (Å²) in [6.45, 7) is 2.67. The van der Waals surface area contributed by atoms with Gasteiger partial charge in [0.15, 0.2) is 0 Å². The van der Waals surface area contributed by atoms with Gasteiger partial charge in [0, 0.05) is 0 Å². The van der Waals surface area contributed by atoms with Crippen LogP contribution in [0.5, 0.6) is 5.75 Å².